The number of hydrogen-bond donors (Lipinski definition) is 2. The van der Waals surface area contributed by atoms with Crippen molar-refractivity contribution in [3.8, 4) is 5.75 Å². The zero-order valence-corrected chi connectivity index (χ0v) is 27.0. The molecule has 1 atom stereocenters. The molecule has 236 valence electrons. The number of hydrogen-bond acceptors (Lipinski definition) is 5. The van der Waals surface area contributed by atoms with Gasteiger partial charge in [0.1, 0.15) is 11.8 Å². The van der Waals surface area contributed by atoms with Crippen LogP contribution >= 0.6 is 11.6 Å². The lowest BCUT2D eigenvalue weighted by molar-refractivity contribution is -0.141. The van der Waals surface area contributed by atoms with E-state index in [0.29, 0.717) is 36.5 Å². The van der Waals surface area contributed by atoms with Crippen LogP contribution < -0.4 is 14.8 Å². The summed E-state index contributed by atoms with van der Waals surface area (Å²) in [4.78, 5) is 29.6. The summed E-state index contributed by atoms with van der Waals surface area (Å²) < 4.78 is 32.4. The highest BCUT2D eigenvalue weighted by Gasteiger charge is 2.31. The fourth-order valence-electron chi connectivity index (χ4n) is 4.94. The van der Waals surface area contributed by atoms with Crippen molar-refractivity contribution in [3.63, 3.8) is 0 Å². The number of methoxy groups -OCH3 is 1. The Kier molecular flexibility index (Phi) is 12.2. The Morgan fingerprint density at radius 1 is 0.822 bits per heavy atom. The molecule has 0 aliphatic carbocycles. The van der Waals surface area contributed by atoms with Crippen LogP contribution in [-0.2, 0) is 39.0 Å². The van der Waals surface area contributed by atoms with Crippen molar-refractivity contribution in [1.82, 2.24) is 14.9 Å². The Labute approximate surface area is 270 Å². The molecule has 2 N–H and O–H groups in total. The van der Waals surface area contributed by atoms with E-state index >= 15 is 0 Å². The second-order valence-electron chi connectivity index (χ2n) is 10.5. The van der Waals surface area contributed by atoms with Gasteiger partial charge in [0.25, 0.3) is 0 Å². The first-order chi connectivity index (χ1) is 21.7. The fourth-order valence-corrected chi connectivity index (χ4v) is 6.11. The first-order valence-electron chi connectivity index (χ1n) is 14.8. The van der Waals surface area contributed by atoms with Gasteiger partial charge in [-0.2, -0.15) is 0 Å². The van der Waals surface area contributed by atoms with Crippen LogP contribution in [0.2, 0.25) is 5.02 Å². The molecule has 0 fully saturated rings. The Morgan fingerprint density at radius 2 is 1.42 bits per heavy atom. The molecule has 2 amide bonds. The van der Waals surface area contributed by atoms with Crippen molar-refractivity contribution in [2.24, 2.45) is 0 Å². The molecule has 0 heterocycles. The molecule has 4 aromatic rings. The van der Waals surface area contributed by atoms with Gasteiger partial charge < -0.3 is 15.0 Å². The van der Waals surface area contributed by atoms with Gasteiger partial charge in [-0.15, -0.1) is 0 Å². The number of carbonyl (C=O) groups excluding carboxylic acids is 2. The number of aryl methyl sites for hydroxylation is 1. The van der Waals surface area contributed by atoms with E-state index in [4.69, 9.17) is 16.3 Å². The van der Waals surface area contributed by atoms with E-state index in [1.54, 1.807) is 43.2 Å². The van der Waals surface area contributed by atoms with Gasteiger partial charge >= 0.3 is 0 Å². The number of sulfonamides is 1. The van der Waals surface area contributed by atoms with Crippen LogP contribution in [0.5, 0.6) is 5.75 Å². The highest BCUT2D eigenvalue weighted by molar-refractivity contribution is 7.89. The SMILES string of the molecule is CCNS(=O)(=O)c1ccc(CCC(=O)N(Cc2ccc(Cl)cc2)C(C(=O)NCCc2ccc(OC)cc2)c2ccccc2)cc1. The normalized spacial score (nSPS) is 11.9. The van der Waals surface area contributed by atoms with E-state index < -0.39 is 16.1 Å². The molecule has 0 saturated carbocycles. The quantitative estimate of drug-likeness (QED) is 0.172. The van der Waals surface area contributed by atoms with Crippen LogP contribution in [0.25, 0.3) is 0 Å². The number of nitrogens with one attached hydrogen (secondary N) is 2. The van der Waals surface area contributed by atoms with E-state index in [1.807, 2.05) is 66.7 Å². The van der Waals surface area contributed by atoms with Gasteiger partial charge in [-0.3, -0.25) is 9.59 Å². The molecular formula is C35H38ClN3O5S. The highest BCUT2D eigenvalue weighted by Crippen LogP contribution is 2.26. The molecule has 4 aromatic carbocycles. The van der Waals surface area contributed by atoms with Gasteiger partial charge in [0, 0.05) is 31.1 Å². The third-order valence-electron chi connectivity index (χ3n) is 7.33. The van der Waals surface area contributed by atoms with Crippen LogP contribution in [0.4, 0.5) is 0 Å². The van der Waals surface area contributed by atoms with Crippen LogP contribution in [0, 0.1) is 0 Å². The van der Waals surface area contributed by atoms with E-state index in [1.165, 1.54) is 12.1 Å². The van der Waals surface area contributed by atoms with Crippen molar-refractivity contribution in [2.45, 2.75) is 43.7 Å². The first-order valence-corrected chi connectivity index (χ1v) is 16.6. The molecule has 0 aliphatic heterocycles. The molecule has 0 radical (unpaired) electrons. The topological polar surface area (TPSA) is 105 Å². The van der Waals surface area contributed by atoms with Gasteiger partial charge in [0.15, 0.2) is 0 Å². The Morgan fingerprint density at radius 3 is 2.04 bits per heavy atom. The molecule has 8 nitrogen and oxygen atoms in total. The molecule has 4 rings (SSSR count). The molecule has 10 heteroatoms. The maximum Gasteiger partial charge on any atom is 0.247 e. The lowest BCUT2D eigenvalue weighted by Crippen LogP contribution is -2.44. The summed E-state index contributed by atoms with van der Waals surface area (Å²) in [7, 11) is -1.96. The predicted octanol–water partition coefficient (Wildman–Crippen LogP) is 5.71. The summed E-state index contributed by atoms with van der Waals surface area (Å²) in [6.45, 7) is 2.60. The molecule has 0 saturated heterocycles. The van der Waals surface area contributed by atoms with Crippen LogP contribution in [-0.4, -0.2) is 45.3 Å². The number of benzene rings is 4. The predicted molar refractivity (Wildman–Crippen MR) is 177 cm³/mol. The lowest BCUT2D eigenvalue weighted by atomic mass is 10.0. The van der Waals surface area contributed by atoms with Gasteiger partial charge in [-0.25, -0.2) is 13.1 Å². The van der Waals surface area contributed by atoms with E-state index in [0.717, 1.165) is 22.4 Å². The minimum absolute atomic E-state index is 0.120. The van der Waals surface area contributed by atoms with Crippen LogP contribution in [0.1, 0.15) is 41.6 Å². The van der Waals surface area contributed by atoms with Crippen molar-refractivity contribution < 1.29 is 22.7 Å². The van der Waals surface area contributed by atoms with Crippen LogP contribution in [0.15, 0.2) is 108 Å². The van der Waals surface area contributed by atoms with Crippen molar-refractivity contribution in [1.29, 1.82) is 0 Å². The first kappa shape index (κ1) is 33.7. The number of carbonyl (C=O) groups is 2. The minimum atomic E-state index is -3.57. The van der Waals surface area contributed by atoms with Crippen molar-refractivity contribution >= 4 is 33.4 Å². The zero-order chi connectivity index (χ0) is 32.2. The smallest absolute Gasteiger partial charge is 0.247 e. The number of rotatable bonds is 15. The number of nitrogens with zero attached hydrogens (tertiary/aromatic N) is 1. The van der Waals surface area contributed by atoms with Gasteiger partial charge in [-0.1, -0.05) is 85.3 Å². The minimum Gasteiger partial charge on any atom is -0.497 e. The number of amides is 2. The standard InChI is InChI=1S/C35H38ClN3O5S/c1-3-38-45(42,43)32-20-13-26(14-21-32)15-22-33(40)39(25-28-9-16-30(36)17-10-28)34(29-7-5-4-6-8-29)35(41)37-24-23-27-11-18-31(44-2)19-12-27/h4-14,16-21,34,38H,3,15,22-25H2,1-2H3,(H,37,41). The summed E-state index contributed by atoms with van der Waals surface area (Å²) >= 11 is 6.13. The average molecular weight is 648 g/mol. The third-order valence-corrected chi connectivity index (χ3v) is 9.14. The Hall–Kier alpha value is -4.18. The molecule has 0 spiro atoms. The number of halogens is 1. The lowest BCUT2D eigenvalue weighted by Gasteiger charge is -2.32. The van der Waals surface area contributed by atoms with Crippen LogP contribution in [0.3, 0.4) is 0 Å². The Balaban J connectivity index is 1.55. The monoisotopic (exact) mass is 647 g/mol. The summed E-state index contributed by atoms with van der Waals surface area (Å²) in [5.41, 5.74) is 3.38. The third kappa shape index (κ3) is 9.65. The molecule has 45 heavy (non-hydrogen) atoms. The molecule has 1 unspecified atom stereocenters. The number of ether oxygens (including phenoxy) is 1. The summed E-state index contributed by atoms with van der Waals surface area (Å²) in [6.07, 6.45) is 1.11. The largest absolute Gasteiger partial charge is 0.497 e. The highest BCUT2D eigenvalue weighted by atomic mass is 35.5. The summed E-state index contributed by atoms with van der Waals surface area (Å²) in [5.74, 6) is 0.265. The molecule has 0 aliphatic rings. The van der Waals surface area contributed by atoms with E-state index in [-0.39, 0.29) is 29.7 Å². The summed E-state index contributed by atoms with van der Waals surface area (Å²) in [5, 5.41) is 3.62. The average Bonchev–Trinajstić information content (AvgIpc) is 3.05. The Bertz CT molecular complexity index is 1650. The van der Waals surface area contributed by atoms with Gasteiger partial charge in [0.2, 0.25) is 21.8 Å². The van der Waals surface area contributed by atoms with Crippen molar-refractivity contribution in [3.05, 3.63) is 130 Å². The zero-order valence-electron chi connectivity index (χ0n) is 25.4. The maximum atomic E-state index is 14.0. The molecule has 0 aromatic heterocycles. The van der Waals surface area contributed by atoms with Crippen molar-refractivity contribution in [2.75, 3.05) is 20.2 Å². The summed E-state index contributed by atoms with van der Waals surface area (Å²) in [6, 6.07) is 29.7. The van der Waals surface area contributed by atoms with E-state index in [2.05, 4.69) is 10.0 Å². The fraction of sp³-hybridized carbons (Fsp3) is 0.257. The second kappa shape index (κ2) is 16.2. The maximum absolute atomic E-state index is 14.0. The second-order valence-corrected chi connectivity index (χ2v) is 12.7. The van der Waals surface area contributed by atoms with E-state index in [9.17, 15) is 18.0 Å². The molecular weight excluding hydrogens is 610 g/mol. The van der Waals surface area contributed by atoms with Gasteiger partial charge in [-0.05, 0) is 71.5 Å². The van der Waals surface area contributed by atoms with Gasteiger partial charge in [0.05, 0.1) is 12.0 Å². The molecule has 0 bridgehead atoms.